The topological polar surface area (TPSA) is 52.6 Å². The summed E-state index contributed by atoms with van der Waals surface area (Å²) in [5, 5.41) is 11.4. The summed E-state index contributed by atoms with van der Waals surface area (Å²) in [4.78, 5) is 12.6. The van der Waals surface area contributed by atoms with Crippen molar-refractivity contribution >= 4 is 5.97 Å². The van der Waals surface area contributed by atoms with Gasteiger partial charge >= 0.3 is 5.97 Å². The SMILES string of the molecule is CN1CCCC(CNCC(=O)O)CC1. The molecule has 1 heterocycles. The molecule has 0 radical (unpaired) electrons. The summed E-state index contributed by atoms with van der Waals surface area (Å²) in [6.45, 7) is 3.25. The van der Waals surface area contributed by atoms with Gasteiger partial charge in [-0.2, -0.15) is 0 Å². The number of nitrogens with one attached hydrogen (secondary N) is 1. The van der Waals surface area contributed by atoms with Crippen LogP contribution in [0.1, 0.15) is 19.3 Å². The number of carboxylic acids is 1. The lowest BCUT2D eigenvalue weighted by Crippen LogP contribution is -2.28. The second kappa shape index (κ2) is 5.98. The van der Waals surface area contributed by atoms with E-state index >= 15 is 0 Å². The van der Waals surface area contributed by atoms with Gasteiger partial charge < -0.3 is 15.3 Å². The van der Waals surface area contributed by atoms with E-state index in [4.69, 9.17) is 5.11 Å². The van der Waals surface area contributed by atoms with Gasteiger partial charge in [-0.1, -0.05) is 0 Å². The number of nitrogens with zero attached hydrogens (tertiary/aromatic N) is 1. The van der Waals surface area contributed by atoms with E-state index in [0.717, 1.165) is 13.1 Å². The molecule has 0 saturated carbocycles. The van der Waals surface area contributed by atoms with Gasteiger partial charge in [0, 0.05) is 0 Å². The molecule has 0 aromatic rings. The van der Waals surface area contributed by atoms with Crippen LogP contribution < -0.4 is 5.32 Å². The van der Waals surface area contributed by atoms with Gasteiger partial charge in [0.15, 0.2) is 0 Å². The minimum absolute atomic E-state index is 0.0896. The molecule has 1 saturated heterocycles. The molecular weight excluding hydrogens is 180 g/mol. The van der Waals surface area contributed by atoms with E-state index in [9.17, 15) is 4.79 Å². The Kier molecular flexibility index (Phi) is 4.90. The Hall–Kier alpha value is -0.610. The zero-order valence-corrected chi connectivity index (χ0v) is 8.83. The highest BCUT2D eigenvalue weighted by Crippen LogP contribution is 2.15. The molecule has 0 spiro atoms. The van der Waals surface area contributed by atoms with Crippen LogP contribution in [0.4, 0.5) is 0 Å². The van der Waals surface area contributed by atoms with Crippen LogP contribution in [0.5, 0.6) is 0 Å². The second-order valence-corrected chi connectivity index (χ2v) is 4.12. The Morgan fingerprint density at radius 2 is 2.29 bits per heavy atom. The number of carbonyl (C=O) groups is 1. The molecule has 1 rings (SSSR count). The lowest BCUT2D eigenvalue weighted by atomic mass is 10.0. The van der Waals surface area contributed by atoms with Crippen molar-refractivity contribution in [2.45, 2.75) is 19.3 Å². The lowest BCUT2D eigenvalue weighted by Gasteiger charge is -2.14. The zero-order valence-electron chi connectivity index (χ0n) is 8.83. The number of rotatable bonds is 4. The van der Waals surface area contributed by atoms with E-state index in [1.54, 1.807) is 0 Å². The Morgan fingerprint density at radius 3 is 3.00 bits per heavy atom. The third-order valence-electron chi connectivity index (χ3n) is 2.78. The second-order valence-electron chi connectivity index (χ2n) is 4.12. The van der Waals surface area contributed by atoms with Gasteiger partial charge in [0.2, 0.25) is 0 Å². The molecule has 4 heteroatoms. The molecule has 0 aromatic carbocycles. The van der Waals surface area contributed by atoms with Crippen molar-refractivity contribution in [3.05, 3.63) is 0 Å². The molecule has 1 aliphatic rings. The van der Waals surface area contributed by atoms with Crippen LogP contribution in [0.2, 0.25) is 0 Å². The fourth-order valence-electron chi connectivity index (χ4n) is 1.90. The third-order valence-corrected chi connectivity index (χ3v) is 2.78. The summed E-state index contributed by atoms with van der Waals surface area (Å²) in [6, 6.07) is 0. The smallest absolute Gasteiger partial charge is 0.317 e. The van der Waals surface area contributed by atoms with Crippen LogP contribution in [0.25, 0.3) is 0 Å². The Labute approximate surface area is 85.3 Å². The predicted molar refractivity (Wildman–Crippen MR) is 55.3 cm³/mol. The molecular formula is C10H20N2O2. The van der Waals surface area contributed by atoms with Crippen LogP contribution in [0.15, 0.2) is 0 Å². The number of hydrogen-bond acceptors (Lipinski definition) is 3. The molecule has 2 N–H and O–H groups in total. The van der Waals surface area contributed by atoms with E-state index < -0.39 is 5.97 Å². The minimum atomic E-state index is -0.768. The van der Waals surface area contributed by atoms with E-state index in [-0.39, 0.29) is 6.54 Å². The molecule has 4 nitrogen and oxygen atoms in total. The van der Waals surface area contributed by atoms with Crippen LogP contribution in [-0.4, -0.2) is 49.2 Å². The quantitative estimate of drug-likeness (QED) is 0.689. The first-order valence-corrected chi connectivity index (χ1v) is 5.29. The molecule has 1 fully saturated rings. The largest absolute Gasteiger partial charge is 0.480 e. The van der Waals surface area contributed by atoms with Crippen molar-refractivity contribution in [2.24, 2.45) is 5.92 Å². The third kappa shape index (κ3) is 4.58. The molecule has 0 aliphatic carbocycles. The van der Waals surface area contributed by atoms with E-state index in [0.29, 0.717) is 5.92 Å². The summed E-state index contributed by atoms with van der Waals surface area (Å²) in [6.07, 6.45) is 3.63. The Bertz CT molecular complexity index is 185. The molecule has 0 aromatic heterocycles. The molecule has 1 aliphatic heterocycles. The van der Waals surface area contributed by atoms with Gasteiger partial charge in [-0.15, -0.1) is 0 Å². The summed E-state index contributed by atoms with van der Waals surface area (Å²) >= 11 is 0. The molecule has 1 atom stereocenters. The summed E-state index contributed by atoms with van der Waals surface area (Å²) in [7, 11) is 2.15. The molecule has 0 amide bonds. The zero-order chi connectivity index (χ0) is 10.4. The number of likely N-dealkylation sites (tertiary alicyclic amines) is 1. The average molecular weight is 200 g/mol. The van der Waals surface area contributed by atoms with E-state index in [1.807, 2.05) is 0 Å². The summed E-state index contributed by atoms with van der Waals surface area (Å²) < 4.78 is 0. The Balaban J connectivity index is 2.14. The fourth-order valence-corrected chi connectivity index (χ4v) is 1.90. The summed E-state index contributed by atoms with van der Waals surface area (Å²) in [5.41, 5.74) is 0. The maximum absolute atomic E-state index is 10.3. The van der Waals surface area contributed by atoms with E-state index in [1.165, 1.54) is 25.8 Å². The predicted octanol–water partition coefficient (Wildman–Crippen LogP) is 0.393. The van der Waals surface area contributed by atoms with Gasteiger partial charge in [-0.25, -0.2) is 0 Å². The molecule has 14 heavy (non-hydrogen) atoms. The first-order chi connectivity index (χ1) is 6.68. The maximum atomic E-state index is 10.3. The number of carboxylic acid groups (broad SMARTS) is 1. The van der Waals surface area contributed by atoms with Crippen LogP contribution in [-0.2, 0) is 4.79 Å². The van der Waals surface area contributed by atoms with Crippen molar-refractivity contribution in [1.29, 1.82) is 0 Å². The minimum Gasteiger partial charge on any atom is -0.480 e. The highest BCUT2D eigenvalue weighted by molar-refractivity contribution is 5.68. The highest BCUT2D eigenvalue weighted by atomic mass is 16.4. The average Bonchev–Trinajstić information content (AvgIpc) is 2.30. The number of aliphatic carboxylic acids is 1. The lowest BCUT2D eigenvalue weighted by molar-refractivity contribution is -0.136. The normalized spacial score (nSPS) is 24.5. The molecule has 0 bridgehead atoms. The molecule has 82 valence electrons. The first-order valence-electron chi connectivity index (χ1n) is 5.29. The van der Waals surface area contributed by atoms with Gasteiger partial charge in [0.1, 0.15) is 0 Å². The van der Waals surface area contributed by atoms with Gasteiger partial charge in [0.05, 0.1) is 6.54 Å². The van der Waals surface area contributed by atoms with Crippen LogP contribution in [0, 0.1) is 5.92 Å². The number of hydrogen-bond donors (Lipinski definition) is 2. The van der Waals surface area contributed by atoms with Gasteiger partial charge in [0.25, 0.3) is 0 Å². The monoisotopic (exact) mass is 200 g/mol. The fraction of sp³-hybridized carbons (Fsp3) is 0.900. The Morgan fingerprint density at radius 1 is 1.50 bits per heavy atom. The molecule has 1 unspecified atom stereocenters. The van der Waals surface area contributed by atoms with E-state index in [2.05, 4.69) is 17.3 Å². The van der Waals surface area contributed by atoms with Crippen molar-refractivity contribution in [2.75, 3.05) is 33.2 Å². The first kappa shape index (κ1) is 11.5. The van der Waals surface area contributed by atoms with Crippen LogP contribution >= 0.6 is 0 Å². The van der Waals surface area contributed by atoms with Crippen molar-refractivity contribution in [1.82, 2.24) is 10.2 Å². The van der Waals surface area contributed by atoms with Crippen molar-refractivity contribution in [3.8, 4) is 0 Å². The van der Waals surface area contributed by atoms with Gasteiger partial charge in [-0.05, 0) is 51.9 Å². The standard InChI is InChI=1S/C10H20N2O2/c1-12-5-2-3-9(4-6-12)7-11-8-10(13)14/h9,11H,2-8H2,1H3,(H,13,14). The van der Waals surface area contributed by atoms with Gasteiger partial charge in [-0.3, -0.25) is 4.79 Å². The van der Waals surface area contributed by atoms with Crippen molar-refractivity contribution in [3.63, 3.8) is 0 Å². The highest BCUT2D eigenvalue weighted by Gasteiger charge is 2.14. The summed E-state index contributed by atoms with van der Waals surface area (Å²) in [5.74, 6) is -0.116. The van der Waals surface area contributed by atoms with Crippen molar-refractivity contribution < 1.29 is 9.90 Å². The maximum Gasteiger partial charge on any atom is 0.317 e. The van der Waals surface area contributed by atoms with Crippen LogP contribution in [0.3, 0.4) is 0 Å².